The zero-order valence-electron chi connectivity index (χ0n) is 4.07. The molecule has 6 heavy (non-hydrogen) atoms. The van der Waals surface area contributed by atoms with E-state index in [4.69, 9.17) is 0 Å². The predicted molar refractivity (Wildman–Crippen MR) is 28.6 cm³/mol. The third kappa shape index (κ3) is 55.7. The van der Waals surface area contributed by atoms with Gasteiger partial charge in [0.2, 0.25) is 0 Å². The van der Waals surface area contributed by atoms with E-state index < -0.39 is 0 Å². The Morgan fingerprint density at radius 1 is 1.17 bits per heavy atom. The van der Waals surface area contributed by atoms with Crippen molar-refractivity contribution >= 4 is 35.5 Å². The van der Waals surface area contributed by atoms with Gasteiger partial charge in [0.1, 0.15) is 0 Å². The van der Waals surface area contributed by atoms with Crippen molar-refractivity contribution in [1.29, 1.82) is 0 Å². The van der Waals surface area contributed by atoms with Crippen LogP contribution in [-0.2, 0) is 0 Å². The van der Waals surface area contributed by atoms with Gasteiger partial charge in [0, 0.05) is 0 Å². The molecular weight excluding hydrogens is 131 g/mol. The molecule has 0 radical (unpaired) electrons. The van der Waals surface area contributed by atoms with E-state index in [1.165, 1.54) is 0 Å². The molecule has 0 spiro atoms. The van der Waals surface area contributed by atoms with E-state index in [9.17, 15) is 0 Å². The van der Waals surface area contributed by atoms with Gasteiger partial charge >= 0.3 is 23.1 Å². The van der Waals surface area contributed by atoms with Gasteiger partial charge in [0.05, 0.1) is 0 Å². The minimum absolute atomic E-state index is 0. The topological polar surface area (TPSA) is 0 Å². The van der Waals surface area contributed by atoms with Gasteiger partial charge in [-0.2, -0.15) is 13.8 Å². The second-order valence-electron chi connectivity index (χ2n) is 0.577. The monoisotopic (exact) mass is 138 g/mol. The summed E-state index contributed by atoms with van der Waals surface area (Å²) in [6.07, 6.45) is 2.00. The van der Waals surface area contributed by atoms with E-state index in [0.29, 0.717) is 0 Å². The fraction of sp³-hybridized carbons (Fsp3) is 0.667. The van der Waals surface area contributed by atoms with Crippen molar-refractivity contribution in [3.63, 3.8) is 0 Å². The van der Waals surface area contributed by atoms with Gasteiger partial charge in [-0.3, -0.25) is 0 Å². The zero-order chi connectivity index (χ0) is 2.71. The Bertz CT molecular complexity index is 8.75. The molecule has 0 nitrogen and oxygen atoms in total. The molecule has 0 heterocycles. The Hall–Kier alpha value is 1.35. The van der Waals surface area contributed by atoms with Crippen LogP contribution >= 0.6 is 12.4 Å². The molecule has 0 saturated carbocycles. The van der Waals surface area contributed by atoms with E-state index in [2.05, 4.69) is 0 Å². The van der Waals surface area contributed by atoms with Crippen LogP contribution in [0.3, 0.4) is 0 Å². The summed E-state index contributed by atoms with van der Waals surface area (Å²) >= 11 is 0. The summed E-state index contributed by atoms with van der Waals surface area (Å²) in [5.41, 5.74) is 0. The maximum atomic E-state index is 2.00. The summed E-state index contributed by atoms with van der Waals surface area (Å²) < 4.78 is 0. The van der Waals surface area contributed by atoms with E-state index in [1.54, 1.807) is 0 Å². The third-order valence-electron chi connectivity index (χ3n) is 0. The van der Waals surface area contributed by atoms with Crippen LogP contribution in [0.2, 0.25) is 0 Å². The Kier molecular flexibility index (Phi) is 145. The second-order valence-corrected chi connectivity index (χ2v) is 0.577. The van der Waals surface area contributed by atoms with Crippen molar-refractivity contribution in [2.24, 2.45) is 0 Å². The minimum atomic E-state index is 0. The first kappa shape index (κ1) is 26.4. The maximum absolute atomic E-state index is 2.00. The van der Waals surface area contributed by atoms with Gasteiger partial charge in [-0.15, -0.1) is 12.4 Å². The second kappa shape index (κ2) is 33.0. The van der Waals surface area contributed by atoms with Crippen LogP contribution in [0.4, 0.5) is 0 Å². The summed E-state index contributed by atoms with van der Waals surface area (Å²) in [6.45, 7) is 4.00. The van der Waals surface area contributed by atoms with Crippen LogP contribution in [0.5, 0.6) is 0 Å². The quantitative estimate of drug-likeness (QED) is 0.276. The van der Waals surface area contributed by atoms with Gasteiger partial charge in [0.15, 0.2) is 0 Å². The molecule has 0 aliphatic carbocycles. The Morgan fingerprint density at radius 3 is 1.17 bits per heavy atom. The van der Waals surface area contributed by atoms with Crippen molar-refractivity contribution in [3.05, 3.63) is 6.42 Å². The standard InChI is InChI=1S/C3H7.2ClH.Mg/c1-3-2;;;/h3H,1-2H3;2*1H;/q-1;;;+2/p-1. The molecule has 0 N–H and O–H groups in total. The summed E-state index contributed by atoms with van der Waals surface area (Å²) in [5.74, 6) is 0. The minimum Gasteiger partial charge on any atom is -1.00 e. The molecule has 36 valence electrons. The summed E-state index contributed by atoms with van der Waals surface area (Å²) in [6, 6.07) is 0. The number of hydrogen-bond acceptors (Lipinski definition) is 0. The molecule has 0 amide bonds. The maximum Gasteiger partial charge on any atom is 2.00 e. The molecule has 0 unspecified atom stereocenters. The van der Waals surface area contributed by atoms with Crippen LogP contribution < -0.4 is 12.4 Å². The Balaban J connectivity index is -0.00000000667. The third-order valence-corrected chi connectivity index (χ3v) is 0. The largest absolute Gasteiger partial charge is 2.00 e. The molecule has 0 atom stereocenters. The van der Waals surface area contributed by atoms with Gasteiger partial charge < -0.3 is 18.8 Å². The molecule has 3 heteroatoms. The normalized spacial score (nSPS) is 3.00. The Labute approximate surface area is 68.0 Å². The van der Waals surface area contributed by atoms with Gasteiger partial charge in [0.25, 0.3) is 0 Å². The van der Waals surface area contributed by atoms with Crippen molar-refractivity contribution in [1.82, 2.24) is 0 Å². The average molecular weight is 139 g/mol. The first-order valence-electron chi connectivity index (χ1n) is 1.15. The van der Waals surface area contributed by atoms with Crippen LogP contribution in [0.15, 0.2) is 0 Å². The molecule has 0 aliphatic rings. The molecular formula is C3H8Cl2Mg. The van der Waals surface area contributed by atoms with Crippen LogP contribution in [0.1, 0.15) is 13.8 Å². The molecule has 0 saturated heterocycles. The van der Waals surface area contributed by atoms with E-state index in [0.717, 1.165) is 0 Å². The Morgan fingerprint density at radius 2 is 1.17 bits per heavy atom. The van der Waals surface area contributed by atoms with E-state index in [-0.39, 0.29) is 47.9 Å². The molecule has 0 aliphatic heterocycles. The fourth-order valence-electron chi connectivity index (χ4n) is 0. The fourth-order valence-corrected chi connectivity index (χ4v) is 0. The summed E-state index contributed by atoms with van der Waals surface area (Å²) in [7, 11) is 0. The molecule has 0 aromatic rings. The number of halogens is 2. The smallest absolute Gasteiger partial charge is 1.00 e. The van der Waals surface area contributed by atoms with Gasteiger partial charge in [-0.05, 0) is 0 Å². The average Bonchev–Trinajstić information content (AvgIpc) is 0.918. The number of hydrogen-bond donors (Lipinski definition) is 0. The van der Waals surface area contributed by atoms with Gasteiger partial charge in [-0.25, -0.2) is 0 Å². The van der Waals surface area contributed by atoms with Crippen LogP contribution in [-0.4, -0.2) is 23.1 Å². The number of rotatable bonds is 0. The first-order valence-corrected chi connectivity index (χ1v) is 1.15. The SMILES string of the molecule is C[CH-]C.Cl.[Cl-].[Mg+2]. The molecule has 0 aromatic heterocycles. The molecule has 0 bridgehead atoms. The summed E-state index contributed by atoms with van der Waals surface area (Å²) in [5, 5.41) is 0. The zero-order valence-corrected chi connectivity index (χ0v) is 7.06. The van der Waals surface area contributed by atoms with Crippen molar-refractivity contribution < 1.29 is 12.4 Å². The van der Waals surface area contributed by atoms with E-state index >= 15 is 0 Å². The van der Waals surface area contributed by atoms with Crippen molar-refractivity contribution in [3.8, 4) is 0 Å². The van der Waals surface area contributed by atoms with Crippen molar-refractivity contribution in [2.45, 2.75) is 13.8 Å². The molecule has 0 fully saturated rings. The summed E-state index contributed by atoms with van der Waals surface area (Å²) in [4.78, 5) is 0. The van der Waals surface area contributed by atoms with E-state index in [1.807, 2.05) is 20.3 Å². The molecule has 0 rings (SSSR count). The first-order chi connectivity index (χ1) is 1.41. The van der Waals surface area contributed by atoms with Crippen LogP contribution in [0, 0.1) is 6.42 Å². The van der Waals surface area contributed by atoms with Crippen molar-refractivity contribution in [2.75, 3.05) is 0 Å². The molecule has 0 aromatic carbocycles. The van der Waals surface area contributed by atoms with Gasteiger partial charge in [-0.1, -0.05) is 0 Å². The van der Waals surface area contributed by atoms with Crippen LogP contribution in [0.25, 0.3) is 0 Å². The predicted octanol–water partition coefficient (Wildman–Crippen LogP) is -1.72.